The van der Waals surface area contributed by atoms with Crippen LogP contribution >= 0.6 is 12.4 Å². The zero-order valence-corrected chi connectivity index (χ0v) is 11.2. The van der Waals surface area contributed by atoms with E-state index in [-0.39, 0.29) is 29.4 Å². The van der Waals surface area contributed by atoms with Gasteiger partial charge in [0.2, 0.25) is 0 Å². The maximum atomic E-state index is 12.2. The molecule has 1 aromatic heterocycles. The Labute approximate surface area is 107 Å². The molecule has 1 aliphatic rings. The second-order valence-electron chi connectivity index (χ2n) is 4.18. The molecule has 0 bridgehead atoms. The van der Waals surface area contributed by atoms with Crippen molar-refractivity contribution < 1.29 is 8.42 Å². The second-order valence-corrected chi connectivity index (χ2v) is 6.04. The molecule has 0 amide bonds. The Morgan fingerprint density at radius 2 is 2.35 bits per heavy atom. The summed E-state index contributed by atoms with van der Waals surface area (Å²) in [5, 5.41) is 0.150. The number of nitrogens with two attached hydrogens (primary N) is 1. The first-order valence-electron chi connectivity index (χ1n) is 5.26. The number of sulfonamides is 1. The highest BCUT2D eigenvalue weighted by molar-refractivity contribution is 7.89. The first-order chi connectivity index (χ1) is 7.55. The van der Waals surface area contributed by atoms with Gasteiger partial charge in [-0.25, -0.2) is 13.4 Å². The first kappa shape index (κ1) is 14.4. The Morgan fingerprint density at radius 1 is 1.65 bits per heavy atom. The van der Waals surface area contributed by atoms with Gasteiger partial charge in [0.15, 0.2) is 5.03 Å². The lowest BCUT2D eigenvalue weighted by atomic mass is 10.1. The van der Waals surface area contributed by atoms with Crippen molar-refractivity contribution in [1.29, 1.82) is 0 Å². The van der Waals surface area contributed by atoms with Gasteiger partial charge in [-0.05, 0) is 25.8 Å². The van der Waals surface area contributed by atoms with Gasteiger partial charge in [-0.1, -0.05) is 0 Å². The number of halogens is 1. The fourth-order valence-electron chi connectivity index (χ4n) is 2.13. The van der Waals surface area contributed by atoms with E-state index in [1.54, 1.807) is 0 Å². The number of nitrogens with one attached hydrogen (secondary N) is 1. The van der Waals surface area contributed by atoms with Crippen molar-refractivity contribution in [2.24, 2.45) is 11.7 Å². The molecule has 2 heterocycles. The van der Waals surface area contributed by atoms with Crippen molar-refractivity contribution >= 4 is 22.4 Å². The van der Waals surface area contributed by atoms with E-state index in [4.69, 9.17) is 5.73 Å². The molecule has 0 radical (unpaired) electrons. The predicted octanol–water partition coefficient (Wildman–Crippen LogP) is 0.189. The van der Waals surface area contributed by atoms with Crippen LogP contribution in [-0.4, -0.2) is 41.8 Å². The molecule has 1 aromatic rings. The van der Waals surface area contributed by atoms with E-state index in [0.29, 0.717) is 13.1 Å². The number of hydrogen-bond acceptors (Lipinski definition) is 4. The van der Waals surface area contributed by atoms with Gasteiger partial charge >= 0.3 is 0 Å². The third kappa shape index (κ3) is 2.62. The van der Waals surface area contributed by atoms with Crippen LogP contribution < -0.4 is 5.73 Å². The Balaban J connectivity index is 0.00000144. The minimum absolute atomic E-state index is 0. The zero-order valence-electron chi connectivity index (χ0n) is 9.54. The summed E-state index contributed by atoms with van der Waals surface area (Å²) >= 11 is 0. The summed E-state index contributed by atoms with van der Waals surface area (Å²) in [6.45, 7) is 2.93. The van der Waals surface area contributed by atoms with Crippen molar-refractivity contribution in [2.45, 2.75) is 24.4 Å². The van der Waals surface area contributed by atoms with Gasteiger partial charge in [-0.15, -0.1) is 12.4 Å². The molecule has 17 heavy (non-hydrogen) atoms. The van der Waals surface area contributed by atoms with Crippen LogP contribution in [0.1, 0.15) is 13.3 Å². The average molecular weight is 281 g/mol. The van der Waals surface area contributed by atoms with Crippen molar-refractivity contribution in [2.75, 3.05) is 13.1 Å². The molecule has 0 saturated carbocycles. The molecule has 1 fully saturated rings. The van der Waals surface area contributed by atoms with Gasteiger partial charge in [0.1, 0.15) is 0 Å². The van der Waals surface area contributed by atoms with E-state index in [1.807, 2.05) is 6.92 Å². The summed E-state index contributed by atoms with van der Waals surface area (Å²) in [5.74, 6) is 0.257. The van der Waals surface area contributed by atoms with Crippen molar-refractivity contribution in [3.8, 4) is 0 Å². The van der Waals surface area contributed by atoms with E-state index in [2.05, 4.69) is 9.97 Å². The Bertz CT molecular complexity index is 448. The van der Waals surface area contributed by atoms with E-state index in [0.717, 1.165) is 6.42 Å². The first-order valence-corrected chi connectivity index (χ1v) is 6.70. The second kappa shape index (κ2) is 5.34. The lowest BCUT2D eigenvalue weighted by Crippen LogP contribution is -2.34. The topological polar surface area (TPSA) is 92.1 Å². The predicted molar refractivity (Wildman–Crippen MR) is 66.4 cm³/mol. The van der Waals surface area contributed by atoms with Crippen LogP contribution in [0.4, 0.5) is 0 Å². The van der Waals surface area contributed by atoms with Crippen LogP contribution in [0, 0.1) is 5.92 Å². The molecule has 3 N–H and O–H groups in total. The van der Waals surface area contributed by atoms with Crippen LogP contribution in [0.15, 0.2) is 17.6 Å². The lowest BCUT2D eigenvalue weighted by Gasteiger charge is -2.19. The molecule has 1 aliphatic heterocycles. The summed E-state index contributed by atoms with van der Waals surface area (Å²) in [4.78, 5) is 6.37. The molecule has 6 nitrogen and oxygen atoms in total. The van der Waals surface area contributed by atoms with Gasteiger partial charge in [0.05, 0.1) is 12.5 Å². The van der Waals surface area contributed by atoms with Crippen LogP contribution in [0.25, 0.3) is 0 Å². The van der Waals surface area contributed by atoms with E-state index >= 15 is 0 Å². The molecule has 0 aliphatic carbocycles. The Kier molecular flexibility index (Phi) is 4.54. The molecular weight excluding hydrogens is 264 g/mol. The van der Waals surface area contributed by atoms with Gasteiger partial charge in [0, 0.05) is 12.6 Å². The normalized spacial score (nSPS) is 25.8. The van der Waals surface area contributed by atoms with Crippen molar-refractivity contribution in [1.82, 2.24) is 14.3 Å². The van der Waals surface area contributed by atoms with Crippen molar-refractivity contribution in [3.63, 3.8) is 0 Å². The largest absolute Gasteiger partial charge is 0.335 e. The molecule has 0 aromatic carbocycles. The Morgan fingerprint density at radius 3 is 2.82 bits per heavy atom. The average Bonchev–Trinajstić information content (AvgIpc) is 2.85. The lowest BCUT2D eigenvalue weighted by molar-refractivity contribution is 0.403. The monoisotopic (exact) mass is 280 g/mol. The fraction of sp³-hybridized carbons (Fsp3) is 0.667. The number of imidazole rings is 1. The minimum atomic E-state index is -3.43. The standard InChI is InChI=1S/C9H16N4O2S.ClH/c1-7-2-8(3-10)5-13(7)16(14,15)9-4-11-6-12-9;/h4,6-8H,2-3,5,10H2,1H3,(H,11,12);1H. The Hall–Kier alpha value is -0.630. The highest BCUT2D eigenvalue weighted by Crippen LogP contribution is 2.27. The summed E-state index contributed by atoms with van der Waals surface area (Å²) in [6.07, 6.45) is 3.52. The van der Waals surface area contributed by atoms with Crippen molar-refractivity contribution in [3.05, 3.63) is 12.5 Å². The number of hydrogen-bond donors (Lipinski definition) is 2. The summed E-state index contributed by atoms with van der Waals surface area (Å²) in [7, 11) is -3.43. The van der Waals surface area contributed by atoms with E-state index in [1.165, 1.54) is 16.8 Å². The van der Waals surface area contributed by atoms with E-state index in [9.17, 15) is 8.42 Å². The maximum absolute atomic E-state index is 12.2. The number of H-pyrrole nitrogens is 1. The fourth-order valence-corrected chi connectivity index (χ4v) is 3.74. The molecule has 8 heteroatoms. The van der Waals surface area contributed by atoms with Crippen LogP contribution in [0.3, 0.4) is 0 Å². The molecular formula is C9H17ClN4O2S. The maximum Gasteiger partial charge on any atom is 0.260 e. The number of aromatic amines is 1. The van der Waals surface area contributed by atoms with E-state index < -0.39 is 10.0 Å². The summed E-state index contributed by atoms with van der Waals surface area (Å²) in [6, 6.07) is 0.00171. The zero-order chi connectivity index (χ0) is 11.8. The third-order valence-corrected chi connectivity index (χ3v) is 4.90. The minimum Gasteiger partial charge on any atom is -0.335 e. The number of rotatable bonds is 3. The van der Waals surface area contributed by atoms with Crippen LogP contribution in [0.5, 0.6) is 0 Å². The van der Waals surface area contributed by atoms with Gasteiger partial charge < -0.3 is 10.7 Å². The highest BCUT2D eigenvalue weighted by Gasteiger charge is 2.37. The molecule has 2 rings (SSSR count). The molecule has 98 valence electrons. The molecule has 1 saturated heterocycles. The SMILES string of the molecule is CC1CC(CN)CN1S(=O)(=O)c1cnc[nH]1.Cl. The smallest absolute Gasteiger partial charge is 0.260 e. The van der Waals surface area contributed by atoms with Gasteiger partial charge in [0.25, 0.3) is 10.0 Å². The third-order valence-electron chi connectivity index (χ3n) is 3.00. The number of nitrogens with zero attached hydrogens (tertiary/aromatic N) is 2. The van der Waals surface area contributed by atoms with Gasteiger partial charge in [-0.2, -0.15) is 4.31 Å². The van der Waals surface area contributed by atoms with Gasteiger partial charge in [-0.3, -0.25) is 0 Å². The molecule has 2 unspecified atom stereocenters. The molecule has 2 atom stereocenters. The van der Waals surface area contributed by atoms with Crippen LogP contribution in [0.2, 0.25) is 0 Å². The highest BCUT2D eigenvalue weighted by atomic mass is 35.5. The summed E-state index contributed by atoms with van der Waals surface area (Å²) < 4.78 is 25.9. The molecule has 0 spiro atoms. The quantitative estimate of drug-likeness (QED) is 0.827. The van der Waals surface area contributed by atoms with Crippen LogP contribution in [-0.2, 0) is 10.0 Å². The summed E-state index contributed by atoms with van der Waals surface area (Å²) in [5.41, 5.74) is 5.58. The number of aromatic nitrogens is 2.